The van der Waals surface area contributed by atoms with Crippen LogP contribution in [-0.2, 0) is 44.7 Å². The molecule has 0 saturated carbocycles. The highest BCUT2D eigenvalue weighted by Gasteiger charge is 2.21. The number of fused-ring (bicyclic) bond motifs is 1. The standard InChI is InChI=1S/C15H13Cl2N3O2.C14H20ClNO2.C3H8NO5P/c1-2-7-22-13-9-12(10(16)8-11(13)17)20-15(21)19-6-4-3-5-14(19)18-20;1-4-11-7-6-8-12(5-2)14(11)16(10-18-3)13(17)9-15;5-3(6)1-4-2-10(7,8)9/h1,8-9H,3-7H2;6-8H,4-5,9-10H2,1-3H3;4H,1-2H2,(H,5,6)(H2,7,8,9). The molecule has 0 spiro atoms. The maximum atomic E-state index is 12.5. The quantitative estimate of drug-likeness (QED) is 0.0831. The summed E-state index contributed by atoms with van der Waals surface area (Å²) < 4.78 is 23.5. The molecular weight excluding hydrogens is 736 g/mol. The predicted octanol–water partition coefficient (Wildman–Crippen LogP) is 4.47. The van der Waals surface area contributed by atoms with E-state index in [1.54, 1.807) is 22.6 Å². The molecule has 0 aliphatic carbocycles. The SMILES string of the molecule is C#CCOc1cc(-n2nc3n(c2=O)CCCC3)c(Cl)cc1Cl.CCc1cccc(CC)c1N(COC)C(=O)CCl.O=C(O)CNCP(=O)(O)O. The van der Waals surface area contributed by atoms with Crippen LogP contribution in [-0.4, -0.2) is 80.3 Å². The summed E-state index contributed by atoms with van der Waals surface area (Å²) in [5, 5.41) is 15.1. The minimum Gasteiger partial charge on any atom is -0.480 e. The highest BCUT2D eigenvalue weighted by molar-refractivity contribution is 7.51. The zero-order chi connectivity index (χ0) is 37.4. The van der Waals surface area contributed by atoms with Crippen molar-refractivity contribution in [3.63, 3.8) is 0 Å². The Morgan fingerprint density at radius 1 is 1.14 bits per heavy atom. The van der Waals surface area contributed by atoms with Crippen molar-refractivity contribution in [3.05, 3.63) is 67.8 Å². The van der Waals surface area contributed by atoms with Gasteiger partial charge in [-0.2, -0.15) is 4.68 Å². The van der Waals surface area contributed by atoms with E-state index in [0.717, 1.165) is 54.7 Å². The Morgan fingerprint density at radius 2 is 1.80 bits per heavy atom. The number of hydrogen-bond donors (Lipinski definition) is 4. The number of terminal acetylenes is 1. The molecule has 3 aromatic rings. The molecule has 0 bridgehead atoms. The minimum absolute atomic E-state index is 0.0371. The number of amides is 1. The van der Waals surface area contributed by atoms with Gasteiger partial charge in [-0.3, -0.25) is 28.9 Å². The van der Waals surface area contributed by atoms with E-state index >= 15 is 0 Å². The molecule has 2 aromatic carbocycles. The number of benzene rings is 2. The predicted molar refractivity (Wildman–Crippen MR) is 193 cm³/mol. The minimum atomic E-state index is -4.10. The van der Waals surface area contributed by atoms with Crippen molar-refractivity contribution >= 4 is 60.0 Å². The first-order chi connectivity index (χ1) is 23.7. The number of hydrogen-bond acceptors (Lipinski definition) is 8. The van der Waals surface area contributed by atoms with Gasteiger partial charge in [0.2, 0.25) is 5.91 Å². The first-order valence-electron chi connectivity index (χ1n) is 15.4. The Balaban J connectivity index is 0.000000280. The molecule has 1 amide bonds. The zero-order valence-corrected chi connectivity index (χ0v) is 31.1. The zero-order valence-electron chi connectivity index (χ0n) is 27.9. The number of aromatic nitrogens is 3. The van der Waals surface area contributed by atoms with Gasteiger partial charge in [-0.25, -0.2) is 4.79 Å². The molecule has 0 fully saturated rings. The van der Waals surface area contributed by atoms with E-state index < -0.39 is 26.4 Å². The van der Waals surface area contributed by atoms with E-state index in [9.17, 15) is 18.9 Å². The Hall–Kier alpha value is -3.38. The molecule has 1 aromatic heterocycles. The summed E-state index contributed by atoms with van der Waals surface area (Å²) >= 11 is 18.0. The molecule has 14 nitrogen and oxygen atoms in total. The number of carboxylic acids is 1. The number of methoxy groups -OCH3 is 1. The molecule has 1 aliphatic heterocycles. The molecule has 0 unspecified atom stereocenters. The molecule has 1 aliphatic rings. The number of alkyl halides is 1. The van der Waals surface area contributed by atoms with Gasteiger partial charge in [-0.15, -0.1) is 23.1 Å². The second kappa shape index (κ2) is 21.1. The number of halogens is 3. The lowest BCUT2D eigenvalue weighted by atomic mass is 10.0. The van der Waals surface area contributed by atoms with Gasteiger partial charge in [0.05, 0.1) is 34.3 Å². The van der Waals surface area contributed by atoms with E-state index in [1.165, 1.54) is 10.7 Å². The molecule has 0 radical (unpaired) electrons. The molecule has 0 atom stereocenters. The molecule has 18 heteroatoms. The smallest absolute Gasteiger partial charge is 0.350 e. The van der Waals surface area contributed by atoms with Crippen LogP contribution in [0.4, 0.5) is 5.69 Å². The third kappa shape index (κ3) is 12.7. The van der Waals surface area contributed by atoms with Gasteiger partial charge >= 0.3 is 19.3 Å². The number of carbonyl (C=O) groups excluding carboxylic acids is 1. The summed E-state index contributed by atoms with van der Waals surface area (Å²) in [5.41, 5.74) is 3.47. The molecule has 274 valence electrons. The number of carboxylic acid groups (broad SMARTS) is 1. The van der Waals surface area contributed by atoms with Crippen LogP contribution in [0, 0.1) is 12.3 Å². The number of nitrogens with zero attached hydrogens (tertiary/aromatic N) is 4. The fourth-order valence-electron chi connectivity index (χ4n) is 4.80. The van der Waals surface area contributed by atoms with Crippen LogP contribution >= 0.6 is 42.4 Å². The number of aliphatic carboxylic acids is 1. The Morgan fingerprint density at radius 3 is 2.32 bits per heavy atom. The van der Waals surface area contributed by atoms with Gasteiger partial charge in [0.1, 0.15) is 30.8 Å². The summed E-state index contributed by atoms with van der Waals surface area (Å²) in [4.78, 5) is 52.2. The van der Waals surface area contributed by atoms with Crippen molar-refractivity contribution in [1.29, 1.82) is 0 Å². The highest BCUT2D eigenvalue weighted by Crippen LogP contribution is 2.33. The second-order valence-corrected chi connectivity index (χ2v) is 13.3. The number of carbonyl (C=O) groups is 2. The normalized spacial score (nSPS) is 12.0. The van der Waals surface area contributed by atoms with E-state index in [-0.39, 0.29) is 30.8 Å². The number of nitrogens with one attached hydrogen (secondary N) is 1. The van der Waals surface area contributed by atoms with Crippen molar-refractivity contribution in [2.75, 3.05) is 44.1 Å². The number of rotatable bonds is 13. The van der Waals surface area contributed by atoms with Crippen molar-refractivity contribution < 1.29 is 38.5 Å². The number of aryl methyl sites for hydroxylation is 3. The number of para-hydroxylation sites is 1. The Labute approximate surface area is 305 Å². The lowest BCUT2D eigenvalue weighted by Crippen LogP contribution is -2.35. The molecule has 4 N–H and O–H groups in total. The van der Waals surface area contributed by atoms with Crippen LogP contribution in [0.1, 0.15) is 43.6 Å². The first kappa shape index (κ1) is 42.8. The van der Waals surface area contributed by atoms with E-state index in [0.29, 0.717) is 28.0 Å². The van der Waals surface area contributed by atoms with Crippen LogP contribution in [0.15, 0.2) is 35.1 Å². The Kier molecular flexibility index (Phi) is 18.0. The number of ether oxygens (including phenoxy) is 2. The molecule has 2 heterocycles. The maximum Gasteiger partial charge on any atom is 0.350 e. The van der Waals surface area contributed by atoms with Crippen molar-refractivity contribution in [1.82, 2.24) is 19.7 Å². The van der Waals surface area contributed by atoms with E-state index in [4.69, 9.17) is 65.6 Å². The first-order valence-corrected chi connectivity index (χ1v) is 18.5. The summed E-state index contributed by atoms with van der Waals surface area (Å²) in [5.74, 6) is 2.20. The van der Waals surface area contributed by atoms with E-state index in [2.05, 4.69) is 30.2 Å². The molecular formula is C32H41Cl3N5O9P. The van der Waals surface area contributed by atoms with Gasteiger partial charge in [0.25, 0.3) is 0 Å². The largest absolute Gasteiger partial charge is 0.480 e. The summed E-state index contributed by atoms with van der Waals surface area (Å²) in [6.07, 6.45) is 9.12. The maximum absolute atomic E-state index is 12.5. The van der Waals surface area contributed by atoms with Crippen LogP contribution in [0.3, 0.4) is 0 Å². The van der Waals surface area contributed by atoms with Gasteiger partial charge in [-0.05, 0) is 42.9 Å². The van der Waals surface area contributed by atoms with E-state index in [1.807, 2.05) is 18.2 Å². The highest BCUT2D eigenvalue weighted by atomic mass is 35.5. The van der Waals surface area contributed by atoms with Gasteiger partial charge in [0, 0.05) is 26.1 Å². The Bertz CT molecular complexity index is 1730. The summed E-state index contributed by atoms with van der Waals surface area (Å²) in [7, 11) is -2.52. The van der Waals surface area contributed by atoms with Crippen molar-refractivity contribution in [2.45, 2.75) is 52.5 Å². The monoisotopic (exact) mass is 775 g/mol. The van der Waals surface area contributed by atoms with Gasteiger partial charge < -0.3 is 24.4 Å². The van der Waals surface area contributed by atoms with Crippen molar-refractivity contribution in [2.24, 2.45) is 0 Å². The fourth-order valence-corrected chi connectivity index (χ4v) is 5.87. The lowest BCUT2D eigenvalue weighted by molar-refractivity contribution is -0.135. The van der Waals surface area contributed by atoms with Gasteiger partial charge in [0.15, 0.2) is 0 Å². The molecule has 50 heavy (non-hydrogen) atoms. The molecule has 4 rings (SSSR count). The molecule has 0 saturated heterocycles. The second-order valence-electron chi connectivity index (χ2n) is 10.6. The van der Waals surface area contributed by atoms with Crippen LogP contribution in [0.5, 0.6) is 5.75 Å². The van der Waals surface area contributed by atoms with Crippen LogP contribution < -0.4 is 20.6 Å². The topological polar surface area (TPSA) is 185 Å². The fraction of sp³-hybridized carbons (Fsp3) is 0.438. The third-order valence-corrected chi connectivity index (χ3v) is 8.48. The summed E-state index contributed by atoms with van der Waals surface area (Å²) in [6.45, 7) is 4.71. The van der Waals surface area contributed by atoms with Crippen molar-refractivity contribution in [3.8, 4) is 23.8 Å². The van der Waals surface area contributed by atoms with Crippen LogP contribution in [0.25, 0.3) is 5.69 Å². The van der Waals surface area contributed by atoms with Crippen LogP contribution in [0.2, 0.25) is 10.0 Å². The summed E-state index contributed by atoms with van der Waals surface area (Å²) in [6, 6.07) is 9.21. The third-order valence-electron chi connectivity index (χ3n) is 7.01. The average molecular weight is 777 g/mol. The van der Waals surface area contributed by atoms with Gasteiger partial charge in [-0.1, -0.05) is 61.2 Å². The average Bonchev–Trinajstić information content (AvgIpc) is 3.41. The number of anilines is 1. The lowest BCUT2D eigenvalue weighted by Gasteiger charge is -2.26.